The molecule has 0 aromatic heterocycles. The number of carbonyl (C=O) groups is 2. The fourth-order valence-corrected chi connectivity index (χ4v) is 2.81. The topological polar surface area (TPSA) is 75.6 Å². The average molecular weight is 317 g/mol. The standard InChI is InChI=1S/C16H28FNO4/c1-14(2,3)10-7-8-11(16(17,9-10)12(19)20)18-13(21)22-15(4,5)6/h10-11H,7-9H2,1-6H3,(H,18,21)(H,19,20). The number of alkyl carbamates (subject to hydrolysis) is 1. The minimum atomic E-state index is -2.47. The third kappa shape index (κ3) is 4.58. The van der Waals surface area contributed by atoms with Crippen molar-refractivity contribution in [1.29, 1.82) is 0 Å². The van der Waals surface area contributed by atoms with Crippen LogP contribution in [0.3, 0.4) is 0 Å². The van der Waals surface area contributed by atoms with Gasteiger partial charge in [-0.25, -0.2) is 14.0 Å². The Kier molecular flexibility index (Phi) is 5.15. The van der Waals surface area contributed by atoms with Gasteiger partial charge in [0.1, 0.15) is 5.60 Å². The summed E-state index contributed by atoms with van der Waals surface area (Å²) in [5.41, 5.74) is -3.36. The average Bonchev–Trinajstić information content (AvgIpc) is 2.27. The van der Waals surface area contributed by atoms with Crippen molar-refractivity contribution in [3.8, 4) is 0 Å². The van der Waals surface area contributed by atoms with Crippen molar-refractivity contribution < 1.29 is 23.8 Å². The summed E-state index contributed by atoms with van der Waals surface area (Å²) in [6.07, 6.45) is 0.0640. The zero-order chi connectivity index (χ0) is 17.3. The van der Waals surface area contributed by atoms with Crippen LogP contribution in [0.2, 0.25) is 0 Å². The molecular weight excluding hydrogens is 289 g/mol. The van der Waals surface area contributed by atoms with E-state index in [0.29, 0.717) is 6.42 Å². The third-order valence-corrected chi connectivity index (χ3v) is 4.17. The van der Waals surface area contributed by atoms with Gasteiger partial charge in [0, 0.05) is 0 Å². The molecule has 0 bridgehead atoms. The van der Waals surface area contributed by atoms with Crippen LogP contribution in [0.1, 0.15) is 60.8 Å². The Bertz CT molecular complexity index is 438. The summed E-state index contributed by atoms with van der Waals surface area (Å²) in [6.45, 7) is 11.0. The number of carboxylic acids is 1. The number of nitrogens with one attached hydrogen (secondary N) is 1. The lowest BCUT2D eigenvalue weighted by atomic mass is 9.66. The Balaban J connectivity index is 2.87. The fraction of sp³-hybridized carbons (Fsp3) is 0.875. The van der Waals surface area contributed by atoms with Crippen LogP contribution < -0.4 is 5.32 Å². The van der Waals surface area contributed by atoms with Crippen LogP contribution >= 0.6 is 0 Å². The molecule has 2 N–H and O–H groups in total. The molecule has 0 aliphatic heterocycles. The second kappa shape index (κ2) is 6.05. The Morgan fingerprint density at radius 2 is 1.73 bits per heavy atom. The Morgan fingerprint density at radius 1 is 1.18 bits per heavy atom. The van der Waals surface area contributed by atoms with Crippen LogP contribution in [0.4, 0.5) is 9.18 Å². The van der Waals surface area contributed by atoms with Crippen molar-refractivity contribution in [2.24, 2.45) is 11.3 Å². The summed E-state index contributed by atoms with van der Waals surface area (Å²) in [5.74, 6) is -1.58. The Morgan fingerprint density at radius 3 is 2.14 bits per heavy atom. The monoisotopic (exact) mass is 317 g/mol. The zero-order valence-electron chi connectivity index (χ0n) is 14.3. The van der Waals surface area contributed by atoms with E-state index >= 15 is 4.39 Å². The molecule has 0 radical (unpaired) electrons. The summed E-state index contributed by atoms with van der Waals surface area (Å²) in [7, 11) is 0. The van der Waals surface area contributed by atoms with E-state index < -0.39 is 29.4 Å². The van der Waals surface area contributed by atoms with Crippen LogP contribution in [0.5, 0.6) is 0 Å². The van der Waals surface area contributed by atoms with Gasteiger partial charge in [-0.05, 0) is 51.4 Å². The van der Waals surface area contributed by atoms with Crippen LogP contribution in [0.25, 0.3) is 0 Å². The lowest BCUT2D eigenvalue weighted by molar-refractivity contribution is -0.158. The van der Waals surface area contributed by atoms with E-state index in [1.54, 1.807) is 20.8 Å². The second-order valence-electron chi connectivity index (χ2n) is 8.21. The van der Waals surface area contributed by atoms with Crippen molar-refractivity contribution in [2.45, 2.75) is 78.1 Å². The third-order valence-electron chi connectivity index (χ3n) is 4.17. The van der Waals surface area contributed by atoms with Gasteiger partial charge in [0.15, 0.2) is 0 Å². The number of carboxylic acid groups (broad SMARTS) is 1. The highest BCUT2D eigenvalue weighted by atomic mass is 19.1. The second-order valence-corrected chi connectivity index (χ2v) is 8.21. The predicted molar refractivity (Wildman–Crippen MR) is 81.4 cm³/mol. The summed E-state index contributed by atoms with van der Waals surface area (Å²) in [5, 5.41) is 11.7. The zero-order valence-corrected chi connectivity index (χ0v) is 14.3. The van der Waals surface area contributed by atoms with E-state index in [9.17, 15) is 14.7 Å². The number of rotatable bonds is 2. The number of alkyl halides is 1. The highest BCUT2D eigenvalue weighted by Gasteiger charge is 2.53. The molecule has 128 valence electrons. The van der Waals surface area contributed by atoms with Gasteiger partial charge in [-0.3, -0.25) is 0 Å². The number of hydrogen-bond donors (Lipinski definition) is 2. The molecule has 0 heterocycles. The SMILES string of the molecule is CC(C)(C)OC(=O)NC1CCC(C(C)(C)C)CC1(F)C(=O)O. The van der Waals surface area contributed by atoms with Crippen molar-refractivity contribution in [3.63, 3.8) is 0 Å². The first-order valence-corrected chi connectivity index (χ1v) is 7.67. The van der Waals surface area contributed by atoms with E-state index in [1.807, 2.05) is 20.8 Å². The van der Waals surface area contributed by atoms with Gasteiger partial charge < -0.3 is 15.2 Å². The highest BCUT2D eigenvalue weighted by Crippen LogP contribution is 2.44. The van der Waals surface area contributed by atoms with Crippen molar-refractivity contribution in [2.75, 3.05) is 0 Å². The van der Waals surface area contributed by atoms with Gasteiger partial charge >= 0.3 is 12.1 Å². The highest BCUT2D eigenvalue weighted by molar-refractivity contribution is 5.80. The molecule has 1 saturated carbocycles. The lowest BCUT2D eigenvalue weighted by Gasteiger charge is -2.43. The predicted octanol–water partition coefficient (Wildman–Crippen LogP) is 3.52. The summed E-state index contributed by atoms with van der Waals surface area (Å²) >= 11 is 0. The van der Waals surface area contributed by atoms with Crippen LogP contribution in [-0.4, -0.2) is 34.5 Å². The van der Waals surface area contributed by atoms with E-state index in [1.165, 1.54) is 0 Å². The Labute approximate surface area is 131 Å². The van der Waals surface area contributed by atoms with Gasteiger partial charge in [0.25, 0.3) is 0 Å². The molecule has 1 rings (SSSR count). The maximum Gasteiger partial charge on any atom is 0.407 e. The summed E-state index contributed by atoms with van der Waals surface area (Å²) in [4.78, 5) is 23.3. The minimum absolute atomic E-state index is 0.0507. The summed E-state index contributed by atoms with van der Waals surface area (Å²) < 4.78 is 20.2. The van der Waals surface area contributed by atoms with E-state index in [2.05, 4.69) is 5.32 Å². The molecule has 1 amide bonds. The molecule has 0 aromatic carbocycles. The molecule has 1 aliphatic carbocycles. The van der Waals surface area contributed by atoms with Crippen LogP contribution in [-0.2, 0) is 9.53 Å². The molecule has 3 atom stereocenters. The number of carbonyl (C=O) groups excluding carboxylic acids is 1. The van der Waals surface area contributed by atoms with Crippen molar-refractivity contribution in [1.82, 2.24) is 5.32 Å². The van der Waals surface area contributed by atoms with E-state index in [4.69, 9.17) is 4.74 Å². The van der Waals surface area contributed by atoms with Gasteiger partial charge in [-0.2, -0.15) is 0 Å². The first kappa shape index (κ1) is 18.7. The lowest BCUT2D eigenvalue weighted by Crippen LogP contribution is -2.59. The first-order valence-electron chi connectivity index (χ1n) is 7.67. The van der Waals surface area contributed by atoms with Crippen LogP contribution in [0.15, 0.2) is 0 Å². The molecule has 0 saturated heterocycles. The Hall–Kier alpha value is -1.33. The minimum Gasteiger partial charge on any atom is -0.479 e. The molecular formula is C16H28FNO4. The molecule has 1 fully saturated rings. The molecule has 3 unspecified atom stereocenters. The van der Waals surface area contributed by atoms with Crippen molar-refractivity contribution in [3.05, 3.63) is 0 Å². The molecule has 0 aromatic rings. The van der Waals surface area contributed by atoms with Gasteiger partial charge in [-0.1, -0.05) is 20.8 Å². The molecule has 5 nitrogen and oxygen atoms in total. The summed E-state index contributed by atoms with van der Waals surface area (Å²) in [6, 6.07) is -1.07. The smallest absolute Gasteiger partial charge is 0.407 e. The molecule has 0 spiro atoms. The maximum absolute atomic E-state index is 15.1. The van der Waals surface area contributed by atoms with Gasteiger partial charge in [0.2, 0.25) is 5.67 Å². The first-order chi connectivity index (χ1) is 9.75. The number of hydrogen-bond acceptors (Lipinski definition) is 3. The quantitative estimate of drug-likeness (QED) is 0.817. The normalized spacial score (nSPS) is 29.8. The van der Waals surface area contributed by atoms with Crippen LogP contribution in [0, 0.1) is 11.3 Å². The van der Waals surface area contributed by atoms with Crippen molar-refractivity contribution >= 4 is 12.1 Å². The number of halogens is 1. The number of ether oxygens (including phenoxy) is 1. The number of amides is 1. The van der Waals surface area contributed by atoms with E-state index in [-0.39, 0.29) is 24.2 Å². The molecule has 1 aliphatic rings. The fourth-order valence-electron chi connectivity index (χ4n) is 2.81. The maximum atomic E-state index is 15.1. The van der Waals surface area contributed by atoms with E-state index in [0.717, 1.165) is 0 Å². The molecule has 6 heteroatoms. The van der Waals surface area contributed by atoms with Gasteiger partial charge in [0.05, 0.1) is 6.04 Å². The largest absolute Gasteiger partial charge is 0.479 e. The number of aliphatic carboxylic acids is 1. The molecule has 22 heavy (non-hydrogen) atoms. The van der Waals surface area contributed by atoms with Gasteiger partial charge in [-0.15, -0.1) is 0 Å².